The van der Waals surface area contributed by atoms with Crippen molar-refractivity contribution in [3.05, 3.63) is 296 Å². The van der Waals surface area contributed by atoms with Crippen LogP contribution in [-0.2, 0) is 17.9 Å². The fourth-order valence-corrected chi connectivity index (χ4v) is 21.4. The van der Waals surface area contributed by atoms with E-state index in [1.165, 1.54) is 59.5 Å². The van der Waals surface area contributed by atoms with Crippen molar-refractivity contribution in [1.29, 1.82) is 0 Å². The number of carbonyl (C=O) groups excluding carboxylic acids is 2. The number of benzene rings is 5. The molecule has 0 aliphatic rings. The molecule has 8 heterocycles. The number of nitrogens with one attached hydrogen (secondary N) is 2. The van der Waals surface area contributed by atoms with Gasteiger partial charge in [0.15, 0.2) is 11.6 Å². The van der Waals surface area contributed by atoms with Gasteiger partial charge >= 0.3 is 108 Å². The summed E-state index contributed by atoms with van der Waals surface area (Å²) < 4.78 is 7.34. The zero-order valence-corrected chi connectivity index (χ0v) is 77.4. The normalized spacial score (nSPS) is 10.5. The Balaban J connectivity index is 0.000000184. The maximum absolute atomic E-state index is 12.0. The van der Waals surface area contributed by atoms with Gasteiger partial charge in [0.2, 0.25) is 0 Å². The summed E-state index contributed by atoms with van der Waals surface area (Å²) in [6, 6.07) is 39.4. The number of imidazole rings is 2. The van der Waals surface area contributed by atoms with Crippen LogP contribution in [0.3, 0.4) is 0 Å². The fraction of sp³-hybridized carbons (Fsp3) is 0.0897. The molecule has 0 aliphatic carbocycles. The van der Waals surface area contributed by atoms with E-state index in [2.05, 4.69) is 126 Å². The Kier molecular flexibility index (Phi) is 38.0. The molecule has 34 heteroatoms. The van der Waals surface area contributed by atoms with Gasteiger partial charge in [-0.25, -0.2) is 19.6 Å². The van der Waals surface area contributed by atoms with Crippen molar-refractivity contribution in [2.75, 3.05) is 11.9 Å². The van der Waals surface area contributed by atoms with Crippen molar-refractivity contribution < 1.29 is 39.4 Å². The van der Waals surface area contributed by atoms with Gasteiger partial charge in [-0.1, -0.05) is 165 Å². The third kappa shape index (κ3) is 27.4. The van der Waals surface area contributed by atoms with Crippen molar-refractivity contribution in [2.24, 2.45) is 0 Å². The number of rotatable bonds is 18. The van der Waals surface area contributed by atoms with Crippen LogP contribution in [0.15, 0.2) is 228 Å². The Morgan fingerprint density at radius 2 is 0.938 bits per heavy atom. The molecule has 0 bridgehead atoms. The number of carbonyl (C=O) groups is 4. The summed E-state index contributed by atoms with van der Waals surface area (Å²) in [6.45, 7) is 14.5. The minimum Gasteiger partial charge on any atom is -0.477 e. The Labute approximate surface area is 744 Å². The van der Waals surface area contributed by atoms with Crippen molar-refractivity contribution >= 4 is 275 Å². The number of thiophene rings is 5. The van der Waals surface area contributed by atoms with Gasteiger partial charge < -0.3 is 34.7 Å². The number of anilines is 1. The van der Waals surface area contributed by atoms with Gasteiger partial charge in [-0.05, 0) is 151 Å². The first kappa shape index (κ1) is 93.3. The largest absolute Gasteiger partial charge is 0.489 e. The van der Waals surface area contributed by atoms with Gasteiger partial charge in [0.05, 0.1) is 17.5 Å². The van der Waals surface area contributed by atoms with Crippen LogP contribution in [0.5, 0.6) is 0 Å². The van der Waals surface area contributed by atoms with E-state index in [4.69, 9.17) is 136 Å². The number of pyridine rings is 1. The van der Waals surface area contributed by atoms with Gasteiger partial charge in [-0.15, -0.1) is 76.4 Å². The molecule has 0 radical (unpaired) electrons. The van der Waals surface area contributed by atoms with E-state index in [0.717, 1.165) is 67.9 Å². The van der Waals surface area contributed by atoms with Crippen LogP contribution in [0, 0.1) is 2.88 Å². The molecule has 0 atom stereocenters. The Bertz CT molecular complexity index is 5450. The second-order valence-electron chi connectivity index (χ2n) is 23.8. The summed E-state index contributed by atoms with van der Waals surface area (Å²) in [5.41, 5.74) is 7.26. The molecule has 2 amide bonds. The average Bonchev–Trinajstić information content (AvgIpc) is 1.63. The molecular weight excluding hydrogens is 2010 g/mol. The number of aromatic nitrogens is 5. The van der Waals surface area contributed by atoms with Crippen LogP contribution < -0.4 is 19.7 Å². The molecule has 15 nitrogen and oxygen atoms in total. The molecule has 0 saturated heterocycles. The number of allylic oxidation sites excluding steroid dienone is 2. The standard InChI is InChI=1S/C16H11Cl2IN2S.C16H12Cl2N2S.C14H11Cl2NOS.C11H6Cl2O2S.C7H7N2O.C6H5BCl2O2.C5H3BrO2S.3CH3.Sn/c1-2-6-21-7-5-20-16(21)15-12(9-14(19)22-15)11-4-3-10(17)8-13(11)18;1-2-7-20-8-6-19-16(20)15-13(5-9-21-15)12-4-3-11(17)10-14(12)18;1-2-6-17-14(18)13-11(5-7-19-13)10-4-3-9(15)8-12(10)16;12-6-1-2-7(9(13)5-6)8-3-4-16-10(8)11(14)15;1-6(10)9-7-4-2-3-5-8-7;8-4-1-2-5(7(10)11)6(9)3-4;6-3-1-2-9-4(3)5(7)8;;;;/h2-5,7-9H,1,6H2;2-6,8-10H,1,7H2;2-5,7-8H,1,6H2,(H,17,18);1-5H,(H,14,15);3-5H,1H3,(H,8,9,10);1-3,10-11H;1-2H,(H,7,8);3*1H3;. The van der Waals surface area contributed by atoms with Crippen molar-refractivity contribution in [3.63, 3.8) is 0 Å². The van der Waals surface area contributed by atoms with E-state index in [1.807, 2.05) is 77.8 Å². The quantitative estimate of drug-likeness (QED) is 0.0269. The molecule has 112 heavy (non-hydrogen) atoms. The van der Waals surface area contributed by atoms with E-state index in [9.17, 15) is 19.2 Å². The predicted molar refractivity (Wildman–Crippen MR) is 491 cm³/mol. The van der Waals surface area contributed by atoms with Crippen molar-refractivity contribution in [3.8, 4) is 65.9 Å². The second kappa shape index (κ2) is 45.6. The first-order valence-corrected chi connectivity index (χ1v) is 52.4. The number of carboxylic acids is 2. The van der Waals surface area contributed by atoms with Crippen LogP contribution in [0.1, 0.15) is 35.9 Å². The zero-order chi connectivity index (χ0) is 82.1. The van der Waals surface area contributed by atoms with Gasteiger partial charge in [0.1, 0.15) is 9.75 Å². The number of amides is 2. The maximum atomic E-state index is 12.0. The number of halogens is 12. The minimum absolute atomic E-state index is 0.0706. The smallest absolute Gasteiger partial charge is 0.477 e. The van der Waals surface area contributed by atoms with E-state index in [0.29, 0.717) is 82.9 Å². The maximum Gasteiger partial charge on any atom is 0.489 e. The van der Waals surface area contributed by atoms with E-state index >= 15 is 0 Å². The summed E-state index contributed by atoms with van der Waals surface area (Å²) >= 11 is 70.3. The number of aromatic carboxylic acids is 2. The van der Waals surface area contributed by atoms with Crippen molar-refractivity contribution in [1.82, 2.24) is 29.4 Å². The summed E-state index contributed by atoms with van der Waals surface area (Å²) in [5, 5.41) is 53.1. The fourth-order valence-electron chi connectivity index (χ4n) is 9.79. The van der Waals surface area contributed by atoms with E-state index < -0.39 is 37.4 Å². The minimum atomic E-state index is -2.02. The van der Waals surface area contributed by atoms with Gasteiger partial charge in [0.25, 0.3) is 5.91 Å². The SMILES string of the molecule is C=CCNC(=O)c1sccc1-c1ccc(Cl)cc1Cl.C=CCn1ccnc1-c1sc(I)cc1-c1ccc(Cl)cc1Cl.C=CCn1ccnc1-c1sccc1-c1ccc(Cl)cc1Cl.CC(=O)Nc1c[c]([Sn]([CH3])([CH3])[CH3])ccn1.O=C(O)c1sccc1-c1ccc(Cl)cc1Cl.O=C(O)c1sccc1Br.OB(O)c1ccc(Cl)cc1Cl. The molecule has 6 N–H and O–H groups in total. The Morgan fingerprint density at radius 1 is 0.509 bits per heavy atom. The zero-order valence-electron chi connectivity index (χ0n) is 59.2. The first-order valence-electron chi connectivity index (χ1n) is 32.5. The predicted octanol–water partition coefficient (Wildman–Crippen LogP) is 25.7. The molecule has 13 rings (SSSR count). The van der Waals surface area contributed by atoms with Gasteiger partial charge in [0, 0.05) is 149 Å². The third-order valence-electron chi connectivity index (χ3n) is 14.9. The molecular formula is C78H64BBrCl10IN7O8S5Sn. The molecule has 0 spiro atoms. The Hall–Kier alpha value is -5.84. The summed E-state index contributed by atoms with van der Waals surface area (Å²) in [4.78, 5) is 67.6. The number of hydrogen-bond donors (Lipinski definition) is 6. The average molecular weight is 2080 g/mol. The van der Waals surface area contributed by atoms with Crippen LogP contribution in [0.4, 0.5) is 5.82 Å². The van der Waals surface area contributed by atoms with Gasteiger partial charge in [-0.3, -0.25) is 4.79 Å². The number of hydrogen-bond acceptors (Lipinski definition) is 14. The molecule has 580 valence electrons. The van der Waals surface area contributed by atoms with Crippen LogP contribution in [-0.4, -0.2) is 100 Å². The Morgan fingerprint density at radius 3 is 1.37 bits per heavy atom. The van der Waals surface area contributed by atoms with Crippen molar-refractivity contribution in [2.45, 2.75) is 34.8 Å². The molecule has 8 aromatic heterocycles. The second-order valence-corrected chi connectivity index (χ2v) is 49.9. The first-order chi connectivity index (χ1) is 53.2. The summed E-state index contributed by atoms with van der Waals surface area (Å²) in [5.74, 6) is 0.490. The third-order valence-corrected chi connectivity index (χ3v) is 29.9. The monoisotopic (exact) mass is 2070 g/mol. The number of carboxylic acid groups (broad SMARTS) is 2. The van der Waals surface area contributed by atoms with Crippen LogP contribution in [0.2, 0.25) is 65.0 Å². The molecule has 0 saturated carbocycles. The molecule has 5 aromatic carbocycles. The molecule has 0 aliphatic heterocycles. The number of nitrogens with zero attached hydrogens (tertiary/aromatic N) is 5. The van der Waals surface area contributed by atoms with Gasteiger partial charge in [-0.2, -0.15) is 0 Å². The van der Waals surface area contributed by atoms with Crippen LogP contribution in [0.25, 0.3) is 65.9 Å². The summed E-state index contributed by atoms with van der Waals surface area (Å²) in [6.07, 6.45) is 14.6. The molecule has 0 fully saturated rings. The summed E-state index contributed by atoms with van der Waals surface area (Å²) in [7, 11) is -1.54. The topological polar surface area (TPSA) is 222 Å². The van der Waals surface area contributed by atoms with Crippen LogP contribution >= 0.6 is 211 Å². The van der Waals surface area contributed by atoms with E-state index in [-0.39, 0.29) is 27.2 Å². The molecule has 13 aromatic rings. The molecule has 0 unspecified atom stereocenters. The van der Waals surface area contributed by atoms with E-state index in [1.54, 1.807) is 119 Å².